The molecule has 0 bridgehead atoms. The van der Waals surface area contributed by atoms with Crippen LogP contribution in [0.5, 0.6) is 5.75 Å². The number of hydrogen-bond acceptors (Lipinski definition) is 6. The van der Waals surface area contributed by atoms with Crippen molar-refractivity contribution in [3.8, 4) is 5.75 Å². The number of ether oxygens (including phenoxy) is 1. The monoisotopic (exact) mass is 346 g/mol. The Morgan fingerprint density at radius 1 is 1.42 bits per heavy atom. The van der Waals surface area contributed by atoms with E-state index in [0.717, 1.165) is 21.8 Å². The van der Waals surface area contributed by atoms with Gasteiger partial charge in [-0.05, 0) is 19.9 Å². The van der Waals surface area contributed by atoms with Crippen molar-refractivity contribution in [1.29, 1.82) is 0 Å². The van der Waals surface area contributed by atoms with Gasteiger partial charge in [0.05, 0.1) is 34.6 Å². The molecule has 1 aromatic carbocycles. The lowest BCUT2D eigenvalue weighted by atomic mass is 10.2. The van der Waals surface area contributed by atoms with E-state index < -0.39 is 0 Å². The fourth-order valence-electron chi connectivity index (χ4n) is 2.34. The Morgan fingerprint density at radius 3 is 3.00 bits per heavy atom. The predicted molar refractivity (Wildman–Crippen MR) is 92.5 cm³/mol. The number of rotatable bonds is 5. The average molecular weight is 346 g/mol. The summed E-state index contributed by atoms with van der Waals surface area (Å²) in [4.78, 5) is 16.6. The number of anilines is 1. The van der Waals surface area contributed by atoms with Crippen molar-refractivity contribution >= 4 is 33.3 Å². The molecule has 0 unspecified atom stereocenters. The molecule has 0 fully saturated rings. The number of carbonyl (C=O) groups excluding carboxylic acids is 1. The molecule has 2 heterocycles. The Morgan fingerprint density at radius 2 is 2.25 bits per heavy atom. The van der Waals surface area contributed by atoms with Crippen LogP contribution in [0.15, 0.2) is 18.5 Å². The lowest BCUT2D eigenvalue weighted by Gasteiger charge is -2.11. The second kappa shape index (κ2) is 6.83. The summed E-state index contributed by atoms with van der Waals surface area (Å²) in [6.07, 6.45) is 1.64. The number of methoxy groups -OCH3 is 1. The van der Waals surface area contributed by atoms with Crippen LogP contribution in [-0.4, -0.2) is 32.9 Å². The lowest BCUT2D eigenvalue weighted by Crippen LogP contribution is -2.29. The SMILES string of the molecule is CCn1cnnc1CNC(=O)Nc1cc2sc(C)nc2cc1OC. The summed E-state index contributed by atoms with van der Waals surface area (Å²) < 4.78 is 8.21. The topological polar surface area (TPSA) is 94.0 Å². The maximum atomic E-state index is 12.2. The van der Waals surface area contributed by atoms with Crippen LogP contribution < -0.4 is 15.4 Å². The first kappa shape index (κ1) is 16.2. The Labute approximate surface area is 142 Å². The molecule has 3 rings (SSSR count). The molecule has 8 nitrogen and oxygen atoms in total. The molecule has 3 aromatic rings. The van der Waals surface area contributed by atoms with Crippen LogP contribution in [-0.2, 0) is 13.1 Å². The van der Waals surface area contributed by atoms with Gasteiger partial charge in [0.1, 0.15) is 12.1 Å². The van der Waals surface area contributed by atoms with E-state index in [-0.39, 0.29) is 6.03 Å². The van der Waals surface area contributed by atoms with E-state index >= 15 is 0 Å². The van der Waals surface area contributed by atoms with Gasteiger partial charge in [0, 0.05) is 12.6 Å². The number of aryl methyl sites for hydroxylation is 2. The molecule has 0 spiro atoms. The van der Waals surface area contributed by atoms with E-state index in [1.807, 2.05) is 30.5 Å². The second-order valence-electron chi connectivity index (χ2n) is 5.09. The molecule has 0 aliphatic heterocycles. The molecular formula is C15H18N6O2S. The fraction of sp³-hybridized carbons (Fsp3) is 0.333. The first-order valence-corrected chi connectivity index (χ1v) is 8.29. The number of urea groups is 1. The normalized spacial score (nSPS) is 10.8. The lowest BCUT2D eigenvalue weighted by molar-refractivity contribution is 0.251. The number of amides is 2. The van der Waals surface area contributed by atoms with Crippen LogP contribution in [0.2, 0.25) is 0 Å². The highest BCUT2D eigenvalue weighted by Gasteiger charge is 2.12. The average Bonchev–Trinajstić information content (AvgIpc) is 3.16. The van der Waals surface area contributed by atoms with E-state index in [9.17, 15) is 4.79 Å². The van der Waals surface area contributed by atoms with Gasteiger partial charge >= 0.3 is 6.03 Å². The van der Waals surface area contributed by atoms with Gasteiger partial charge in [-0.1, -0.05) is 0 Å². The highest BCUT2D eigenvalue weighted by Crippen LogP contribution is 2.32. The number of carbonyl (C=O) groups is 1. The van der Waals surface area contributed by atoms with Gasteiger partial charge in [-0.15, -0.1) is 21.5 Å². The highest BCUT2D eigenvalue weighted by atomic mass is 32.1. The maximum Gasteiger partial charge on any atom is 0.319 e. The van der Waals surface area contributed by atoms with Gasteiger partial charge in [-0.3, -0.25) is 0 Å². The number of nitrogens with one attached hydrogen (secondary N) is 2. The highest BCUT2D eigenvalue weighted by molar-refractivity contribution is 7.18. The molecule has 2 aromatic heterocycles. The maximum absolute atomic E-state index is 12.2. The van der Waals surface area contributed by atoms with Crippen LogP contribution in [0.25, 0.3) is 10.2 Å². The number of fused-ring (bicyclic) bond motifs is 1. The smallest absolute Gasteiger partial charge is 0.319 e. The molecule has 0 atom stereocenters. The minimum Gasteiger partial charge on any atom is -0.494 e. The van der Waals surface area contributed by atoms with Crippen molar-refractivity contribution < 1.29 is 9.53 Å². The number of benzene rings is 1. The third-order valence-electron chi connectivity index (χ3n) is 3.51. The summed E-state index contributed by atoms with van der Waals surface area (Å²) in [7, 11) is 1.56. The molecule has 0 aliphatic rings. The molecule has 9 heteroatoms. The molecular weight excluding hydrogens is 328 g/mol. The van der Waals surface area contributed by atoms with E-state index in [4.69, 9.17) is 4.74 Å². The summed E-state index contributed by atoms with van der Waals surface area (Å²) >= 11 is 1.57. The Kier molecular flexibility index (Phi) is 4.61. The summed E-state index contributed by atoms with van der Waals surface area (Å²) in [5.41, 5.74) is 1.46. The van der Waals surface area contributed by atoms with Crippen LogP contribution in [0.3, 0.4) is 0 Å². The van der Waals surface area contributed by atoms with Crippen molar-refractivity contribution in [3.05, 3.63) is 29.3 Å². The van der Waals surface area contributed by atoms with Crippen LogP contribution in [0.1, 0.15) is 17.8 Å². The summed E-state index contributed by atoms with van der Waals surface area (Å²) in [5, 5.41) is 14.4. The fourth-order valence-corrected chi connectivity index (χ4v) is 3.19. The second-order valence-corrected chi connectivity index (χ2v) is 6.33. The minimum absolute atomic E-state index is 0.296. The zero-order valence-electron chi connectivity index (χ0n) is 13.7. The summed E-state index contributed by atoms with van der Waals surface area (Å²) in [6.45, 7) is 4.98. The Bertz CT molecular complexity index is 872. The van der Waals surface area contributed by atoms with Crippen molar-refractivity contribution in [2.45, 2.75) is 26.9 Å². The summed E-state index contributed by atoms with van der Waals surface area (Å²) in [5.74, 6) is 1.27. The molecule has 2 amide bonds. The van der Waals surface area contributed by atoms with Gasteiger partial charge in [-0.2, -0.15) is 0 Å². The van der Waals surface area contributed by atoms with Gasteiger partial charge < -0.3 is 19.9 Å². The van der Waals surface area contributed by atoms with Crippen LogP contribution >= 0.6 is 11.3 Å². The number of nitrogens with zero attached hydrogens (tertiary/aromatic N) is 4. The molecule has 0 saturated carbocycles. The Hall–Kier alpha value is -2.68. The predicted octanol–water partition coefficient (Wildman–Crippen LogP) is 2.55. The first-order valence-electron chi connectivity index (χ1n) is 7.47. The quantitative estimate of drug-likeness (QED) is 0.740. The number of aromatic nitrogens is 4. The minimum atomic E-state index is -0.334. The molecule has 24 heavy (non-hydrogen) atoms. The zero-order valence-corrected chi connectivity index (χ0v) is 14.5. The van der Waals surface area contributed by atoms with Gasteiger partial charge in [0.2, 0.25) is 0 Å². The number of thiazole rings is 1. The third kappa shape index (κ3) is 3.30. The van der Waals surface area contributed by atoms with Gasteiger partial charge in [-0.25, -0.2) is 9.78 Å². The zero-order chi connectivity index (χ0) is 17.1. The van der Waals surface area contributed by atoms with E-state index in [2.05, 4.69) is 25.8 Å². The third-order valence-corrected chi connectivity index (χ3v) is 4.44. The van der Waals surface area contributed by atoms with Crippen molar-refractivity contribution in [2.24, 2.45) is 0 Å². The largest absolute Gasteiger partial charge is 0.494 e. The van der Waals surface area contributed by atoms with E-state index in [0.29, 0.717) is 23.8 Å². The summed E-state index contributed by atoms with van der Waals surface area (Å²) in [6, 6.07) is 3.36. The molecule has 0 saturated heterocycles. The van der Waals surface area contributed by atoms with Gasteiger partial charge in [0.15, 0.2) is 5.82 Å². The van der Waals surface area contributed by atoms with Crippen molar-refractivity contribution in [3.63, 3.8) is 0 Å². The molecule has 0 aliphatic carbocycles. The van der Waals surface area contributed by atoms with E-state index in [1.165, 1.54) is 0 Å². The molecule has 2 N–H and O–H groups in total. The number of hydrogen-bond donors (Lipinski definition) is 2. The van der Waals surface area contributed by atoms with Crippen molar-refractivity contribution in [2.75, 3.05) is 12.4 Å². The first-order chi connectivity index (χ1) is 11.6. The van der Waals surface area contributed by atoms with Crippen LogP contribution in [0, 0.1) is 6.92 Å². The van der Waals surface area contributed by atoms with Crippen LogP contribution in [0.4, 0.5) is 10.5 Å². The molecule has 0 radical (unpaired) electrons. The molecule has 126 valence electrons. The van der Waals surface area contributed by atoms with Gasteiger partial charge in [0.25, 0.3) is 0 Å². The standard InChI is InChI=1S/C15H18N6O2S/c1-4-21-8-17-20-14(21)7-16-15(22)19-10-6-13-11(5-12(10)23-3)18-9(2)24-13/h5-6,8H,4,7H2,1-3H3,(H2,16,19,22). The van der Waals surface area contributed by atoms with E-state index in [1.54, 1.807) is 24.8 Å². The Balaban J connectivity index is 1.72. The van der Waals surface area contributed by atoms with Crippen molar-refractivity contribution in [1.82, 2.24) is 25.1 Å².